The summed E-state index contributed by atoms with van der Waals surface area (Å²) in [6.45, 7) is 0. The molecule has 0 fully saturated rings. The number of para-hydroxylation sites is 1. The van der Waals surface area contributed by atoms with E-state index in [1.807, 2.05) is 0 Å². The molecule has 0 saturated heterocycles. The molecule has 0 unspecified atom stereocenters. The van der Waals surface area contributed by atoms with Crippen molar-refractivity contribution in [1.29, 1.82) is 0 Å². The molecule has 0 radical (unpaired) electrons. The highest BCUT2D eigenvalue weighted by Gasteiger charge is 2.35. The molecule has 0 aliphatic carbocycles. The highest BCUT2D eigenvalue weighted by molar-refractivity contribution is 5.88. The SMILES string of the molecule is Nc1cc(C(=O)Oc2ccccc2C(F)(F)F)on1. The van der Waals surface area contributed by atoms with Crippen molar-refractivity contribution < 1.29 is 27.2 Å². The zero-order valence-corrected chi connectivity index (χ0v) is 9.27. The van der Waals surface area contributed by atoms with Gasteiger partial charge in [-0.2, -0.15) is 13.2 Å². The average molecular weight is 272 g/mol. The number of benzene rings is 1. The van der Waals surface area contributed by atoms with Gasteiger partial charge < -0.3 is 15.0 Å². The van der Waals surface area contributed by atoms with Gasteiger partial charge in [0.2, 0.25) is 5.76 Å². The van der Waals surface area contributed by atoms with Crippen LogP contribution in [0.3, 0.4) is 0 Å². The van der Waals surface area contributed by atoms with E-state index in [1.165, 1.54) is 12.1 Å². The molecule has 100 valence electrons. The number of anilines is 1. The van der Waals surface area contributed by atoms with E-state index < -0.39 is 23.5 Å². The van der Waals surface area contributed by atoms with E-state index in [2.05, 4.69) is 14.4 Å². The van der Waals surface area contributed by atoms with Crippen LogP contribution in [-0.2, 0) is 6.18 Å². The molecule has 2 aromatic rings. The Hall–Kier alpha value is -2.51. The summed E-state index contributed by atoms with van der Waals surface area (Å²) in [7, 11) is 0. The first-order valence-electron chi connectivity index (χ1n) is 4.98. The van der Waals surface area contributed by atoms with Crippen molar-refractivity contribution in [3.63, 3.8) is 0 Å². The second-order valence-electron chi connectivity index (χ2n) is 3.50. The average Bonchev–Trinajstić information content (AvgIpc) is 2.75. The molecule has 1 aromatic heterocycles. The fourth-order valence-corrected chi connectivity index (χ4v) is 1.33. The molecule has 5 nitrogen and oxygen atoms in total. The van der Waals surface area contributed by atoms with Crippen LogP contribution in [0.1, 0.15) is 16.1 Å². The van der Waals surface area contributed by atoms with Gasteiger partial charge in [-0.25, -0.2) is 4.79 Å². The maximum atomic E-state index is 12.7. The maximum Gasteiger partial charge on any atom is 0.419 e. The van der Waals surface area contributed by atoms with Crippen molar-refractivity contribution in [1.82, 2.24) is 5.16 Å². The summed E-state index contributed by atoms with van der Waals surface area (Å²) >= 11 is 0. The van der Waals surface area contributed by atoms with Gasteiger partial charge in [-0.15, -0.1) is 0 Å². The fraction of sp³-hybridized carbons (Fsp3) is 0.0909. The van der Waals surface area contributed by atoms with E-state index in [9.17, 15) is 18.0 Å². The van der Waals surface area contributed by atoms with Gasteiger partial charge in [-0.3, -0.25) is 0 Å². The minimum absolute atomic E-state index is 0.0731. The zero-order chi connectivity index (χ0) is 14.0. The third-order valence-electron chi connectivity index (χ3n) is 2.12. The Bertz CT molecular complexity index is 607. The Labute approximate surface area is 104 Å². The Morgan fingerprint density at radius 1 is 1.32 bits per heavy atom. The zero-order valence-electron chi connectivity index (χ0n) is 9.27. The van der Waals surface area contributed by atoms with Gasteiger partial charge in [0.25, 0.3) is 0 Å². The number of esters is 1. The van der Waals surface area contributed by atoms with Crippen molar-refractivity contribution in [3.05, 3.63) is 41.7 Å². The maximum absolute atomic E-state index is 12.7. The van der Waals surface area contributed by atoms with Gasteiger partial charge in [0, 0.05) is 6.07 Å². The molecule has 0 aliphatic rings. The lowest BCUT2D eigenvalue weighted by Crippen LogP contribution is -2.13. The molecule has 19 heavy (non-hydrogen) atoms. The van der Waals surface area contributed by atoms with Crippen LogP contribution in [0.5, 0.6) is 5.75 Å². The van der Waals surface area contributed by atoms with E-state index >= 15 is 0 Å². The number of ether oxygens (including phenoxy) is 1. The van der Waals surface area contributed by atoms with Crippen LogP contribution in [0.2, 0.25) is 0 Å². The van der Waals surface area contributed by atoms with E-state index in [0.717, 1.165) is 18.2 Å². The van der Waals surface area contributed by atoms with Gasteiger partial charge >= 0.3 is 12.1 Å². The summed E-state index contributed by atoms with van der Waals surface area (Å²) in [4.78, 5) is 11.5. The largest absolute Gasteiger partial charge is 0.420 e. The van der Waals surface area contributed by atoms with E-state index in [0.29, 0.717) is 0 Å². The second-order valence-corrected chi connectivity index (χ2v) is 3.50. The Kier molecular flexibility index (Phi) is 3.16. The first-order valence-corrected chi connectivity index (χ1v) is 4.98. The number of carbonyl (C=O) groups is 1. The highest BCUT2D eigenvalue weighted by atomic mass is 19.4. The molecule has 0 saturated carbocycles. The van der Waals surface area contributed by atoms with Crippen LogP contribution in [0.15, 0.2) is 34.9 Å². The summed E-state index contributed by atoms with van der Waals surface area (Å²) in [6.07, 6.45) is -4.63. The number of aromatic nitrogens is 1. The number of nitrogen functional groups attached to an aromatic ring is 1. The minimum Gasteiger partial charge on any atom is -0.420 e. The summed E-state index contributed by atoms with van der Waals surface area (Å²) in [5.41, 5.74) is 4.16. The number of rotatable bonds is 2. The monoisotopic (exact) mass is 272 g/mol. The van der Waals surface area contributed by atoms with Gasteiger partial charge in [0.1, 0.15) is 5.75 Å². The number of carbonyl (C=O) groups excluding carboxylic acids is 1. The topological polar surface area (TPSA) is 78.4 Å². The quantitative estimate of drug-likeness (QED) is 0.671. The van der Waals surface area contributed by atoms with Crippen LogP contribution in [0.4, 0.5) is 19.0 Å². The van der Waals surface area contributed by atoms with Crippen molar-refractivity contribution in [3.8, 4) is 5.75 Å². The highest BCUT2D eigenvalue weighted by Crippen LogP contribution is 2.36. The molecule has 8 heteroatoms. The van der Waals surface area contributed by atoms with Gasteiger partial charge in [-0.1, -0.05) is 17.3 Å². The van der Waals surface area contributed by atoms with Crippen LogP contribution < -0.4 is 10.5 Å². The lowest BCUT2D eigenvalue weighted by molar-refractivity contribution is -0.138. The summed E-state index contributed by atoms with van der Waals surface area (Å²) in [5.74, 6) is -2.18. The summed E-state index contributed by atoms with van der Waals surface area (Å²) in [5, 5.41) is 3.23. The van der Waals surface area contributed by atoms with Gasteiger partial charge in [-0.05, 0) is 12.1 Å². The molecular formula is C11H7F3N2O3. The van der Waals surface area contributed by atoms with Crippen LogP contribution in [0, 0.1) is 0 Å². The summed E-state index contributed by atoms with van der Waals surface area (Å²) < 4.78 is 47.1. The number of halogens is 3. The molecule has 2 N–H and O–H groups in total. The van der Waals surface area contributed by atoms with Crippen LogP contribution in [-0.4, -0.2) is 11.1 Å². The van der Waals surface area contributed by atoms with Crippen LogP contribution >= 0.6 is 0 Å². The number of nitrogens with zero attached hydrogens (tertiary/aromatic N) is 1. The van der Waals surface area contributed by atoms with Crippen molar-refractivity contribution in [2.45, 2.75) is 6.18 Å². The number of hydrogen-bond donors (Lipinski definition) is 1. The molecule has 0 bridgehead atoms. The fourth-order valence-electron chi connectivity index (χ4n) is 1.33. The molecule has 1 heterocycles. The van der Waals surface area contributed by atoms with E-state index in [1.54, 1.807) is 0 Å². The molecule has 0 atom stereocenters. The molecule has 1 aromatic carbocycles. The number of alkyl halides is 3. The molecule has 0 aliphatic heterocycles. The molecular weight excluding hydrogens is 265 g/mol. The molecule has 2 rings (SSSR count). The minimum atomic E-state index is -4.63. The van der Waals surface area contributed by atoms with Crippen molar-refractivity contribution in [2.24, 2.45) is 0 Å². The lowest BCUT2D eigenvalue weighted by Gasteiger charge is -2.11. The predicted octanol–water partition coefficient (Wildman–Crippen LogP) is 2.49. The Morgan fingerprint density at radius 3 is 2.58 bits per heavy atom. The van der Waals surface area contributed by atoms with Gasteiger partial charge in [0.15, 0.2) is 5.82 Å². The third-order valence-corrected chi connectivity index (χ3v) is 2.12. The molecule has 0 spiro atoms. The standard InChI is InChI=1S/C11H7F3N2O3/c12-11(13,14)6-3-1-2-4-7(6)18-10(17)8-5-9(15)16-19-8/h1-5H,(H2,15,16). The van der Waals surface area contributed by atoms with Crippen molar-refractivity contribution in [2.75, 3.05) is 5.73 Å². The van der Waals surface area contributed by atoms with Gasteiger partial charge in [0.05, 0.1) is 5.56 Å². The third kappa shape index (κ3) is 2.84. The Balaban J connectivity index is 2.27. The first kappa shape index (κ1) is 12.9. The van der Waals surface area contributed by atoms with E-state index in [4.69, 9.17) is 5.73 Å². The van der Waals surface area contributed by atoms with E-state index in [-0.39, 0.29) is 11.6 Å². The molecule has 0 amide bonds. The van der Waals surface area contributed by atoms with Crippen molar-refractivity contribution >= 4 is 11.8 Å². The number of nitrogens with two attached hydrogens (primary N) is 1. The second kappa shape index (κ2) is 4.63. The van der Waals surface area contributed by atoms with Crippen LogP contribution in [0.25, 0.3) is 0 Å². The normalized spacial score (nSPS) is 11.3. The predicted molar refractivity (Wildman–Crippen MR) is 57.3 cm³/mol. The first-order chi connectivity index (χ1) is 8.88. The smallest absolute Gasteiger partial charge is 0.419 e. The lowest BCUT2D eigenvalue weighted by atomic mass is 10.2. The Morgan fingerprint density at radius 2 is 2.00 bits per heavy atom. The summed E-state index contributed by atoms with van der Waals surface area (Å²) in [6, 6.07) is 5.38. The number of hydrogen-bond acceptors (Lipinski definition) is 5.